The van der Waals surface area contributed by atoms with Gasteiger partial charge in [-0.3, -0.25) is 18.9 Å². The molecule has 0 atom stereocenters. The van der Waals surface area contributed by atoms with Crippen molar-refractivity contribution in [2.45, 2.75) is 27.3 Å². The smallest absolute Gasteiger partial charge is 0.267 e. The van der Waals surface area contributed by atoms with Crippen LogP contribution in [0.3, 0.4) is 0 Å². The van der Waals surface area contributed by atoms with Crippen molar-refractivity contribution in [2.24, 2.45) is 5.92 Å². The normalized spacial score (nSPS) is 16.2. The number of hydrogen-bond acceptors (Lipinski definition) is 8. The highest BCUT2D eigenvalue weighted by atomic mass is 32.2. The number of benzene rings is 1. The molecule has 2 aliphatic rings. The third-order valence-corrected chi connectivity index (χ3v) is 7.07. The van der Waals surface area contributed by atoms with Gasteiger partial charge in [-0.15, -0.1) is 0 Å². The van der Waals surface area contributed by atoms with Gasteiger partial charge in [0.15, 0.2) is 11.5 Å². The first kappa shape index (κ1) is 23.4. The van der Waals surface area contributed by atoms with Crippen LogP contribution in [0.2, 0.25) is 0 Å². The van der Waals surface area contributed by atoms with Crippen LogP contribution in [0.1, 0.15) is 30.5 Å². The van der Waals surface area contributed by atoms with Crippen molar-refractivity contribution in [3.8, 4) is 11.5 Å². The van der Waals surface area contributed by atoms with Gasteiger partial charge in [0.1, 0.15) is 15.8 Å². The van der Waals surface area contributed by atoms with Gasteiger partial charge in [0.2, 0.25) is 6.79 Å². The molecule has 8 nitrogen and oxygen atoms in total. The minimum atomic E-state index is -0.249. The molecule has 0 aliphatic carbocycles. The molecule has 35 heavy (non-hydrogen) atoms. The van der Waals surface area contributed by atoms with E-state index in [4.69, 9.17) is 26.7 Å². The highest BCUT2D eigenvalue weighted by molar-refractivity contribution is 8.26. The van der Waals surface area contributed by atoms with Crippen molar-refractivity contribution in [1.82, 2.24) is 14.3 Å². The van der Waals surface area contributed by atoms with Gasteiger partial charge in [-0.2, -0.15) is 0 Å². The van der Waals surface area contributed by atoms with E-state index in [1.54, 1.807) is 18.3 Å². The van der Waals surface area contributed by atoms with Gasteiger partial charge in [-0.05, 0) is 48.2 Å². The number of aromatic nitrogens is 2. The molecule has 0 saturated carbocycles. The molecule has 0 radical (unpaired) electrons. The molecule has 5 rings (SSSR count). The molecule has 10 heteroatoms. The summed E-state index contributed by atoms with van der Waals surface area (Å²) in [6.45, 7) is 7.19. The summed E-state index contributed by atoms with van der Waals surface area (Å²) in [6.07, 6.45) is 3.29. The van der Waals surface area contributed by atoms with Gasteiger partial charge in [0.25, 0.3) is 11.5 Å². The molecule has 1 aromatic carbocycles. The van der Waals surface area contributed by atoms with Gasteiger partial charge in [0.05, 0.1) is 17.0 Å². The first-order chi connectivity index (χ1) is 16.8. The maximum absolute atomic E-state index is 13.4. The zero-order valence-corrected chi connectivity index (χ0v) is 21.2. The Hall–Kier alpha value is -3.37. The molecule has 0 bridgehead atoms. The van der Waals surface area contributed by atoms with E-state index in [0.29, 0.717) is 56.8 Å². The van der Waals surface area contributed by atoms with Crippen LogP contribution in [0.15, 0.2) is 46.2 Å². The minimum absolute atomic E-state index is 0.185. The third-order valence-electron chi connectivity index (χ3n) is 5.69. The largest absolute Gasteiger partial charge is 0.454 e. The van der Waals surface area contributed by atoms with E-state index in [-0.39, 0.29) is 18.3 Å². The number of thioether (sulfide) groups is 1. The molecule has 4 heterocycles. The molecule has 1 fully saturated rings. The Kier molecular flexibility index (Phi) is 6.24. The number of amides is 1. The molecule has 180 valence electrons. The van der Waals surface area contributed by atoms with Gasteiger partial charge in [-0.25, -0.2) is 4.98 Å². The van der Waals surface area contributed by atoms with Gasteiger partial charge in [-0.1, -0.05) is 50.0 Å². The highest BCUT2D eigenvalue weighted by Crippen LogP contribution is 2.36. The second kappa shape index (κ2) is 9.35. The molecule has 2 aliphatic heterocycles. The van der Waals surface area contributed by atoms with Crippen LogP contribution in [-0.4, -0.2) is 37.8 Å². The number of ether oxygens (including phenoxy) is 2. The number of hydrogen-bond donors (Lipinski definition) is 1. The SMILES string of the molecule is Cc1cccn2c(=O)c(C=C3SC(=S)N(Cc4ccc5c(c4)OCO5)C3=O)c(NCC(C)C)nc12. The molecule has 0 unspecified atom stereocenters. The molecule has 1 N–H and O–H groups in total. The van der Waals surface area contributed by atoms with E-state index in [1.165, 1.54) is 21.1 Å². The summed E-state index contributed by atoms with van der Waals surface area (Å²) in [5, 5.41) is 3.29. The topological polar surface area (TPSA) is 85.2 Å². The Morgan fingerprint density at radius 3 is 2.83 bits per heavy atom. The van der Waals surface area contributed by atoms with E-state index < -0.39 is 0 Å². The monoisotopic (exact) mass is 508 g/mol. The maximum Gasteiger partial charge on any atom is 0.267 e. The third kappa shape index (κ3) is 4.51. The molecule has 1 saturated heterocycles. The van der Waals surface area contributed by atoms with Gasteiger partial charge in [0, 0.05) is 12.7 Å². The van der Waals surface area contributed by atoms with Gasteiger partial charge >= 0.3 is 0 Å². The lowest BCUT2D eigenvalue weighted by Gasteiger charge is -2.15. The molecule has 1 amide bonds. The lowest BCUT2D eigenvalue weighted by atomic mass is 10.2. The quantitative estimate of drug-likeness (QED) is 0.392. The summed E-state index contributed by atoms with van der Waals surface area (Å²) in [7, 11) is 0. The summed E-state index contributed by atoms with van der Waals surface area (Å²) < 4.78 is 12.7. The van der Waals surface area contributed by atoms with Crippen LogP contribution >= 0.6 is 24.0 Å². The number of rotatable bonds is 6. The minimum Gasteiger partial charge on any atom is -0.454 e. The first-order valence-corrected chi connectivity index (χ1v) is 12.4. The van der Waals surface area contributed by atoms with E-state index in [9.17, 15) is 9.59 Å². The van der Waals surface area contributed by atoms with E-state index in [0.717, 1.165) is 11.1 Å². The number of thiocarbonyl (C=S) groups is 1. The number of pyridine rings is 1. The second-order valence-corrected chi connectivity index (χ2v) is 10.5. The lowest BCUT2D eigenvalue weighted by Crippen LogP contribution is -2.27. The Morgan fingerprint density at radius 2 is 2.03 bits per heavy atom. The van der Waals surface area contributed by atoms with Crippen molar-refractivity contribution in [3.63, 3.8) is 0 Å². The number of fused-ring (bicyclic) bond motifs is 2. The summed E-state index contributed by atoms with van der Waals surface area (Å²) in [4.78, 5) is 33.4. The van der Waals surface area contributed by atoms with Crippen molar-refractivity contribution in [2.75, 3.05) is 18.7 Å². The predicted octanol–water partition coefficient (Wildman–Crippen LogP) is 4.20. The summed E-state index contributed by atoms with van der Waals surface area (Å²) in [5.74, 6) is 1.88. The highest BCUT2D eigenvalue weighted by Gasteiger charge is 2.33. The van der Waals surface area contributed by atoms with Crippen LogP contribution < -0.4 is 20.3 Å². The summed E-state index contributed by atoms with van der Waals surface area (Å²) in [5.41, 5.74) is 2.42. The van der Waals surface area contributed by atoms with E-state index >= 15 is 0 Å². The lowest BCUT2D eigenvalue weighted by molar-refractivity contribution is -0.122. The molecule has 3 aromatic rings. The molecule has 2 aromatic heterocycles. The summed E-state index contributed by atoms with van der Waals surface area (Å²) in [6, 6.07) is 9.27. The fraction of sp³-hybridized carbons (Fsp3) is 0.280. The average molecular weight is 509 g/mol. The van der Waals surface area contributed by atoms with E-state index in [2.05, 4.69) is 19.2 Å². The zero-order chi connectivity index (χ0) is 24.7. The number of carbonyl (C=O) groups excluding carboxylic acids is 1. The predicted molar refractivity (Wildman–Crippen MR) is 141 cm³/mol. The van der Waals surface area contributed by atoms with Crippen molar-refractivity contribution < 1.29 is 14.3 Å². The average Bonchev–Trinajstić information content (AvgIpc) is 3.40. The Bertz CT molecular complexity index is 1450. The zero-order valence-electron chi connectivity index (χ0n) is 19.5. The number of carbonyl (C=O) groups is 1. The molecule has 0 spiro atoms. The standard InChI is InChI=1S/C25H24N4O4S2/c1-14(2)11-26-21-17(23(30)28-8-4-5-15(3)22(28)27-21)10-20-24(31)29(25(34)35-20)12-16-6-7-18-19(9-16)33-13-32-18/h4-10,14,26H,11-13H2,1-3H3. The fourth-order valence-corrected chi connectivity index (χ4v) is 5.10. The number of nitrogens with zero attached hydrogens (tertiary/aromatic N) is 3. The molecular formula is C25H24N4O4S2. The van der Waals surface area contributed by atoms with Crippen LogP contribution in [-0.2, 0) is 11.3 Å². The Balaban J connectivity index is 1.50. The molecular weight excluding hydrogens is 484 g/mol. The number of aryl methyl sites for hydroxylation is 1. The first-order valence-electron chi connectivity index (χ1n) is 11.2. The van der Waals surface area contributed by atoms with Crippen LogP contribution in [0.4, 0.5) is 5.82 Å². The second-order valence-electron chi connectivity index (χ2n) is 8.79. The maximum atomic E-state index is 13.4. The number of nitrogens with one attached hydrogen (secondary N) is 1. The van der Waals surface area contributed by atoms with Gasteiger partial charge < -0.3 is 14.8 Å². The fourth-order valence-electron chi connectivity index (χ4n) is 3.87. The van der Waals surface area contributed by atoms with Crippen molar-refractivity contribution >= 4 is 51.7 Å². The summed E-state index contributed by atoms with van der Waals surface area (Å²) >= 11 is 6.69. The van der Waals surface area contributed by atoms with Crippen LogP contribution in [0.25, 0.3) is 11.7 Å². The van der Waals surface area contributed by atoms with Crippen LogP contribution in [0, 0.1) is 12.8 Å². The van der Waals surface area contributed by atoms with Crippen LogP contribution in [0.5, 0.6) is 11.5 Å². The number of anilines is 1. The van der Waals surface area contributed by atoms with E-state index in [1.807, 2.05) is 31.2 Å². The Morgan fingerprint density at radius 1 is 1.23 bits per heavy atom. The van der Waals surface area contributed by atoms with Crippen molar-refractivity contribution in [1.29, 1.82) is 0 Å². The Labute approximate surface area is 211 Å². The van der Waals surface area contributed by atoms with Crippen molar-refractivity contribution in [3.05, 3.63) is 68.5 Å².